The van der Waals surface area contributed by atoms with E-state index >= 15 is 0 Å². The first kappa shape index (κ1) is 35.0. The molecule has 0 aromatic carbocycles. The van der Waals surface area contributed by atoms with Gasteiger partial charge in [0.05, 0.1) is 6.04 Å². The maximum atomic E-state index is 13.9. The Morgan fingerprint density at radius 2 is 1.62 bits per heavy atom. The molecule has 4 unspecified atom stereocenters. The number of hydrogen-bond acceptors (Lipinski definition) is 6. The second kappa shape index (κ2) is 15.3. The fourth-order valence-corrected chi connectivity index (χ4v) is 5.27. The van der Waals surface area contributed by atoms with Crippen molar-refractivity contribution in [3.05, 3.63) is 0 Å². The SMILES string of the molecule is CCCCN(CC)C(=O)C(NC(=O)NC(C(=O)N1CCCC1C(=O)NC(CC1CC1)C(=O)C(N)=O)C(C)(C)C)C(C)C. The second-order valence-corrected chi connectivity index (χ2v) is 13.1. The van der Waals surface area contributed by atoms with Crippen LogP contribution in [0, 0.1) is 17.3 Å². The van der Waals surface area contributed by atoms with E-state index in [1.807, 2.05) is 41.5 Å². The Kier molecular flexibility index (Phi) is 12.8. The van der Waals surface area contributed by atoms with Gasteiger partial charge in [0, 0.05) is 19.6 Å². The number of hydrogen-bond donors (Lipinski definition) is 4. The first-order valence-corrected chi connectivity index (χ1v) is 15.4. The van der Waals surface area contributed by atoms with E-state index in [1.54, 1.807) is 4.90 Å². The Labute approximate surface area is 250 Å². The summed E-state index contributed by atoms with van der Waals surface area (Å²) in [5.74, 6) is -2.99. The van der Waals surface area contributed by atoms with Gasteiger partial charge in [0.2, 0.25) is 23.5 Å². The molecule has 4 atom stereocenters. The van der Waals surface area contributed by atoms with Crippen LogP contribution in [0.3, 0.4) is 0 Å². The first-order chi connectivity index (χ1) is 19.6. The molecule has 2 rings (SSSR count). The summed E-state index contributed by atoms with van der Waals surface area (Å²) >= 11 is 0. The average Bonchev–Trinajstić information content (AvgIpc) is 3.59. The van der Waals surface area contributed by atoms with E-state index in [9.17, 15) is 28.8 Å². The fourth-order valence-electron chi connectivity index (χ4n) is 5.27. The van der Waals surface area contributed by atoms with Crippen LogP contribution < -0.4 is 21.7 Å². The van der Waals surface area contributed by atoms with Gasteiger partial charge in [-0.3, -0.25) is 24.0 Å². The van der Waals surface area contributed by atoms with E-state index in [1.165, 1.54) is 4.90 Å². The zero-order valence-electron chi connectivity index (χ0n) is 26.5. The molecule has 0 spiro atoms. The van der Waals surface area contributed by atoms with Crippen molar-refractivity contribution >= 4 is 35.4 Å². The molecular formula is C30H52N6O6. The highest BCUT2D eigenvalue weighted by Crippen LogP contribution is 2.34. The summed E-state index contributed by atoms with van der Waals surface area (Å²) in [4.78, 5) is 80.8. The summed E-state index contributed by atoms with van der Waals surface area (Å²) in [6.45, 7) is 14.5. The number of Topliss-reactive ketones (excluding diaryl/α,β-unsaturated/α-hetero) is 1. The van der Waals surface area contributed by atoms with Gasteiger partial charge in [0.15, 0.2) is 0 Å². The largest absolute Gasteiger partial charge is 0.363 e. The van der Waals surface area contributed by atoms with Crippen LogP contribution in [0.15, 0.2) is 0 Å². The second-order valence-electron chi connectivity index (χ2n) is 13.1. The summed E-state index contributed by atoms with van der Waals surface area (Å²) in [6.07, 6.45) is 4.94. The molecule has 238 valence electrons. The Bertz CT molecular complexity index is 1000. The Balaban J connectivity index is 2.17. The van der Waals surface area contributed by atoms with Gasteiger partial charge in [0.25, 0.3) is 5.91 Å². The van der Waals surface area contributed by atoms with Gasteiger partial charge in [-0.25, -0.2) is 4.79 Å². The van der Waals surface area contributed by atoms with Crippen LogP contribution in [0.25, 0.3) is 0 Å². The predicted molar refractivity (Wildman–Crippen MR) is 159 cm³/mol. The van der Waals surface area contributed by atoms with Gasteiger partial charge in [-0.05, 0) is 49.9 Å². The maximum absolute atomic E-state index is 13.9. The normalized spacial score (nSPS) is 19.0. The number of nitrogens with two attached hydrogens (primary N) is 1. The van der Waals surface area contributed by atoms with Gasteiger partial charge in [-0.2, -0.15) is 0 Å². The van der Waals surface area contributed by atoms with Crippen molar-refractivity contribution in [3.8, 4) is 0 Å². The van der Waals surface area contributed by atoms with Crippen molar-refractivity contribution in [3.63, 3.8) is 0 Å². The number of ketones is 1. The number of urea groups is 1. The molecule has 6 amide bonds. The molecule has 0 aromatic rings. The number of nitrogens with one attached hydrogen (secondary N) is 3. The van der Waals surface area contributed by atoms with E-state index in [-0.39, 0.29) is 17.7 Å². The standard InChI is InChI=1S/C30H52N6O6/c1-8-10-15-35(9-2)27(40)22(18(3)4)33-29(42)34-24(30(5,6)7)28(41)36-16-11-12-21(36)26(39)32-20(17-19-13-14-19)23(37)25(31)38/h18-22,24H,8-17H2,1-7H3,(H2,31,38)(H,32,39)(H2,33,34,42). The molecule has 2 fully saturated rings. The highest BCUT2D eigenvalue weighted by molar-refractivity contribution is 6.37. The maximum Gasteiger partial charge on any atom is 0.316 e. The van der Waals surface area contributed by atoms with Crippen molar-refractivity contribution in [2.24, 2.45) is 23.0 Å². The molecule has 0 radical (unpaired) electrons. The van der Waals surface area contributed by atoms with Crippen molar-refractivity contribution in [1.29, 1.82) is 0 Å². The van der Waals surface area contributed by atoms with E-state index < -0.39 is 59.1 Å². The zero-order chi connectivity index (χ0) is 31.8. The third-order valence-electron chi connectivity index (χ3n) is 8.06. The number of carbonyl (C=O) groups is 6. The average molecular weight is 593 g/mol. The quantitative estimate of drug-likeness (QED) is 0.211. The van der Waals surface area contributed by atoms with Crippen LogP contribution in [-0.2, 0) is 24.0 Å². The van der Waals surface area contributed by atoms with Crippen LogP contribution in [-0.4, -0.2) is 89.0 Å². The number of likely N-dealkylation sites (tertiary alicyclic amines) is 1. The molecule has 12 nitrogen and oxygen atoms in total. The van der Waals surface area contributed by atoms with Crippen molar-refractivity contribution in [1.82, 2.24) is 25.8 Å². The summed E-state index contributed by atoms with van der Waals surface area (Å²) in [5.41, 5.74) is 4.50. The summed E-state index contributed by atoms with van der Waals surface area (Å²) in [5, 5.41) is 8.24. The van der Waals surface area contributed by atoms with Gasteiger partial charge in [0.1, 0.15) is 18.1 Å². The van der Waals surface area contributed by atoms with Crippen LogP contribution in [0.1, 0.15) is 93.4 Å². The predicted octanol–water partition coefficient (Wildman–Crippen LogP) is 1.70. The van der Waals surface area contributed by atoms with Gasteiger partial charge in [-0.1, -0.05) is 60.8 Å². The lowest BCUT2D eigenvalue weighted by Gasteiger charge is -2.36. The number of unbranched alkanes of at least 4 members (excludes halogenated alkanes) is 1. The number of amides is 6. The van der Waals surface area contributed by atoms with Crippen LogP contribution in [0.5, 0.6) is 0 Å². The van der Waals surface area contributed by atoms with E-state index in [2.05, 4.69) is 22.9 Å². The number of primary amides is 1. The highest BCUT2D eigenvalue weighted by atomic mass is 16.2. The smallest absolute Gasteiger partial charge is 0.316 e. The highest BCUT2D eigenvalue weighted by Gasteiger charge is 2.43. The molecule has 0 bridgehead atoms. The Morgan fingerprint density at radius 3 is 2.12 bits per heavy atom. The molecule has 0 aromatic heterocycles. The number of likely N-dealkylation sites (N-methyl/N-ethyl adjacent to an activating group) is 1. The van der Waals surface area contributed by atoms with Crippen molar-refractivity contribution < 1.29 is 28.8 Å². The number of nitrogens with zero attached hydrogens (tertiary/aromatic N) is 2. The lowest BCUT2D eigenvalue weighted by atomic mass is 9.85. The van der Waals surface area contributed by atoms with Crippen molar-refractivity contribution in [2.75, 3.05) is 19.6 Å². The minimum Gasteiger partial charge on any atom is -0.363 e. The fraction of sp³-hybridized carbons (Fsp3) is 0.800. The van der Waals surface area contributed by atoms with Crippen molar-refractivity contribution in [2.45, 2.75) is 118 Å². The molecule has 12 heteroatoms. The monoisotopic (exact) mass is 592 g/mol. The minimum atomic E-state index is -1.10. The molecule has 5 N–H and O–H groups in total. The van der Waals surface area contributed by atoms with Crippen LogP contribution in [0.4, 0.5) is 4.79 Å². The lowest BCUT2D eigenvalue weighted by Crippen LogP contribution is -2.61. The van der Waals surface area contributed by atoms with E-state index in [4.69, 9.17) is 5.73 Å². The molecule has 1 aliphatic heterocycles. The molecule has 1 heterocycles. The number of rotatable bonds is 15. The third kappa shape index (κ3) is 9.69. The van der Waals surface area contributed by atoms with Crippen LogP contribution >= 0.6 is 0 Å². The summed E-state index contributed by atoms with van der Waals surface area (Å²) < 4.78 is 0. The van der Waals surface area contributed by atoms with E-state index in [0.29, 0.717) is 38.9 Å². The zero-order valence-corrected chi connectivity index (χ0v) is 26.5. The molecule has 42 heavy (non-hydrogen) atoms. The summed E-state index contributed by atoms with van der Waals surface area (Å²) in [7, 11) is 0. The molecular weight excluding hydrogens is 540 g/mol. The lowest BCUT2D eigenvalue weighted by molar-refractivity contribution is -0.143. The third-order valence-corrected chi connectivity index (χ3v) is 8.06. The summed E-state index contributed by atoms with van der Waals surface area (Å²) in [6, 6.07) is -4.28. The number of carbonyl (C=O) groups excluding carboxylic acids is 6. The Morgan fingerprint density at radius 1 is 0.976 bits per heavy atom. The molecule has 2 aliphatic rings. The topological polar surface area (TPSA) is 171 Å². The minimum absolute atomic E-state index is 0.169. The van der Waals surface area contributed by atoms with E-state index in [0.717, 1.165) is 25.7 Å². The molecule has 1 aliphatic carbocycles. The van der Waals surface area contributed by atoms with Crippen LogP contribution in [0.2, 0.25) is 0 Å². The van der Waals surface area contributed by atoms with Gasteiger partial charge in [-0.15, -0.1) is 0 Å². The molecule has 1 saturated heterocycles. The first-order valence-electron chi connectivity index (χ1n) is 15.4. The van der Waals surface area contributed by atoms with Gasteiger partial charge >= 0.3 is 6.03 Å². The van der Waals surface area contributed by atoms with Gasteiger partial charge < -0.3 is 31.5 Å². The Hall–Kier alpha value is -3.18. The molecule has 1 saturated carbocycles.